The van der Waals surface area contributed by atoms with Gasteiger partial charge >= 0.3 is 0 Å². The summed E-state index contributed by atoms with van der Waals surface area (Å²) in [5, 5.41) is 9.45. The molecule has 6 nitrogen and oxygen atoms in total. The van der Waals surface area contributed by atoms with Gasteiger partial charge < -0.3 is 8.83 Å². The van der Waals surface area contributed by atoms with Crippen LogP contribution in [-0.2, 0) is 16.1 Å². The molecule has 7 heteroatoms. The quantitative estimate of drug-likeness (QED) is 0.475. The maximum Gasteiger partial charge on any atom is 0.272 e. The first kappa shape index (κ1) is 19.2. The smallest absolute Gasteiger partial charge is 0.272 e. The van der Waals surface area contributed by atoms with Crippen molar-refractivity contribution in [2.75, 3.05) is 0 Å². The predicted octanol–water partition coefficient (Wildman–Crippen LogP) is 4.47. The van der Waals surface area contributed by atoms with Gasteiger partial charge in [-0.15, -0.1) is 0 Å². The van der Waals surface area contributed by atoms with Gasteiger partial charge in [0.05, 0.1) is 12.8 Å². The number of carbonyl (C=O) groups is 2. The zero-order valence-electron chi connectivity index (χ0n) is 15.9. The van der Waals surface area contributed by atoms with E-state index in [1.54, 1.807) is 43.3 Å². The summed E-state index contributed by atoms with van der Waals surface area (Å²) in [5.41, 5.74) is 1.02. The fourth-order valence-electron chi connectivity index (χ4n) is 3.17. The third-order valence-electron chi connectivity index (χ3n) is 4.76. The largest absolute Gasteiger partial charge is 0.467 e. The van der Waals surface area contributed by atoms with Gasteiger partial charge in [-0.1, -0.05) is 0 Å². The van der Waals surface area contributed by atoms with Crippen molar-refractivity contribution in [1.29, 1.82) is 5.26 Å². The van der Waals surface area contributed by atoms with Gasteiger partial charge in [0.15, 0.2) is 0 Å². The zero-order chi connectivity index (χ0) is 21.3. The second-order valence-electron chi connectivity index (χ2n) is 6.65. The number of amides is 2. The van der Waals surface area contributed by atoms with E-state index >= 15 is 0 Å². The van der Waals surface area contributed by atoms with Gasteiger partial charge in [0.25, 0.3) is 11.8 Å². The standard InChI is InChI=1S/C23H15FN2O4/c1-14-19(11-17-8-9-21(30-17)15-4-6-16(24)7-5-15)22(27)26(23(28)20(14)12-25)13-18-3-2-10-29-18/h2-11H,13H2,1H3/b19-11+. The molecule has 0 unspecified atom stereocenters. The molecule has 1 aliphatic heterocycles. The highest BCUT2D eigenvalue weighted by Crippen LogP contribution is 2.30. The number of furan rings is 2. The zero-order valence-corrected chi connectivity index (χ0v) is 15.9. The summed E-state index contributed by atoms with van der Waals surface area (Å²) in [6.45, 7) is 1.47. The summed E-state index contributed by atoms with van der Waals surface area (Å²) in [5.74, 6) is -0.291. The van der Waals surface area contributed by atoms with Gasteiger partial charge in [-0.3, -0.25) is 14.5 Å². The number of benzene rings is 1. The van der Waals surface area contributed by atoms with Crippen LogP contribution in [0.2, 0.25) is 0 Å². The number of rotatable bonds is 4. The Balaban J connectivity index is 1.71. The van der Waals surface area contributed by atoms with Gasteiger partial charge in [0.2, 0.25) is 0 Å². The lowest BCUT2D eigenvalue weighted by Gasteiger charge is -2.26. The van der Waals surface area contributed by atoms with Crippen molar-refractivity contribution < 1.29 is 22.8 Å². The number of nitriles is 1. The van der Waals surface area contributed by atoms with Crippen LogP contribution in [0, 0.1) is 17.1 Å². The van der Waals surface area contributed by atoms with Gasteiger partial charge in [-0.05, 0) is 67.1 Å². The monoisotopic (exact) mass is 402 g/mol. The third-order valence-corrected chi connectivity index (χ3v) is 4.76. The van der Waals surface area contributed by atoms with Crippen molar-refractivity contribution in [2.24, 2.45) is 0 Å². The molecule has 0 spiro atoms. The van der Waals surface area contributed by atoms with Crippen molar-refractivity contribution in [3.63, 3.8) is 0 Å². The molecule has 0 atom stereocenters. The molecule has 2 amide bonds. The van der Waals surface area contributed by atoms with E-state index < -0.39 is 11.8 Å². The van der Waals surface area contributed by atoms with Gasteiger partial charge in [0, 0.05) is 11.1 Å². The molecule has 3 heterocycles. The molecule has 148 valence electrons. The first-order valence-corrected chi connectivity index (χ1v) is 9.05. The van der Waals surface area contributed by atoms with Crippen LogP contribution in [0.5, 0.6) is 0 Å². The van der Waals surface area contributed by atoms with E-state index in [0.717, 1.165) is 4.90 Å². The Morgan fingerprint density at radius 1 is 1.10 bits per heavy atom. The summed E-state index contributed by atoms with van der Waals surface area (Å²) in [7, 11) is 0. The van der Waals surface area contributed by atoms with Crippen molar-refractivity contribution in [3.05, 3.63) is 88.9 Å². The van der Waals surface area contributed by atoms with Crippen LogP contribution in [0.4, 0.5) is 4.39 Å². The van der Waals surface area contributed by atoms with Gasteiger partial charge in [-0.2, -0.15) is 5.26 Å². The second kappa shape index (κ2) is 7.68. The molecule has 4 rings (SSSR count). The predicted molar refractivity (Wildman–Crippen MR) is 105 cm³/mol. The molecule has 3 aromatic rings. The van der Waals surface area contributed by atoms with Crippen LogP contribution in [0.3, 0.4) is 0 Å². The number of hydrogen-bond donors (Lipinski definition) is 0. The van der Waals surface area contributed by atoms with E-state index in [1.807, 2.05) is 6.07 Å². The SMILES string of the molecule is CC1=C(C#N)C(=O)N(Cc2ccco2)C(=O)/C1=C/c1ccc(-c2ccc(F)cc2)o1. The summed E-state index contributed by atoms with van der Waals surface area (Å²) >= 11 is 0. The average molecular weight is 402 g/mol. The van der Waals surface area contributed by atoms with E-state index in [4.69, 9.17) is 8.83 Å². The number of carbonyl (C=O) groups excluding carboxylic acids is 2. The normalized spacial score (nSPS) is 15.8. The van der Waals surface area contributed by atoms with Crippen molar-refractivity contribution in [3.8, 4) is 17.4 Å². The molecule has 0 aliphatic carbocycles. The van der Waals surface area contributed by atoms with Crippen molar-refractivity contribution >= 4 is 17.9 Å². The summed E-state index contributed by atoms with van der Waals surface area (Å²) < 4.78 is 24.1. The molecular formula is C23H15FN2O4. The Morgan fingerprint density at radius 3 is 2.53 bits per heavy atom. The molecule has 0 bridgehead atoms. The Hall–Kier alpha value is -4.18. The van der Waals surface area contributed by atoms with E-state index in [1.165, 1.54) is 24.5 Å². The Kier molecular flexibility index (Phi) is 4.90. The number of halogens is 1. The Morgan fingerprint density at radius 2 is 1.87 bits per heavy atom. The highest BCUT2D eigenvalue weighted by atomic mass is 19.1. The van der Waals surface area contributed by atoms with E-state index in [0.29, 0.717) is 22.8 Å². The fourth-order valence-corrected chi connectivity index (χ4v) is 3.17. The van der Waals surface area contributed by atoms with E-state index in [9.17, 15) is 19.2 Å². The number of nitrogens with zero attached hydrogens (tertiary/aromatic N) is 2. The maximum atomic E-state index is 13.1. The van der Waals surface area contributed by atoms with Gasteiger partial charge in [-0.25, -0.2) is 4.39 Å². The first-order chi connectivity index (χ1) is 14.5. The minimum Gasteiger partial charge on any atom is -0.467 e. The second-order valence-corrected chi connectivity index (χ2v) is 6.65. The lowest BCUT2D eigenvalue weighted by Crippen LogP contribution is -2.42. The number of imide groups is 1. The molecule has 2 aromatic heterocycles. The minimum atomic E-state index is -0.667. The Labute approximate surface area is 171 Å². The molecule has 0 radical (unpaired) electrons. The third kappa shape index (κ3) is 3.47. The van der Waals surface area contributed by atoms with Crippen molar-refractivity contribution in [1.82, 2.24) is 4.90 Å². The van der Waals surface area contributed by atoms with Crippen LogP contribution in [-0.4, -0.2) is 16.7 Å². The average Bonchev–Trinajstić information content (AvgIpc) is 3.42. The molecule has 0 N–H and O–H groups in total. The van der Waals surface area contributed by atoms with E-state index in [-0.39, 0.29) is 29.1 Å². The lowest BCUT2D eigenvalue weighted by molar-refractivity contribution is -0.141. The highest BCUT2D eigenvalue weighted by molar-refractivity contribution is 6.19. The van der Waals surface area contributed by atoms with Crippen LogP contribution in [0.1, 0.15) is 18.4 Å². The van der Waals surface area contributed by atoms with E-state index in [2.05, 4.69) is 0 Å². The minimum absolute atomic E-state index is 0.0839. The molecule has 1 aliphatic rings. The van der Waals surface area contributed by atoms with Crippen LogP contribution in [0.15, 0.2) is 80.3 Å². The fraction of sp³-hybridized carbons (Fsp3) is 0.0870. The Bertz CT molecular complexity index is 1220. The molecule has 0 saturated carbocycles. The molecule has 0 saturated heterocycles. The summed E-state index contributed by atoms with van der Waals surface area (Å²) in [6.07, 6.45) is 2.93. The van der Waals surface area contributed by atoms with Crippen LogP contribution in [0.25, 0.3) is 17.4 Å². The maximum absolute atomic E-state index is 13.1. The highest BCUT2D eigenvalue weighted by Gasteiger charge is 2.36. The molecule has 1 aromatic carbocycles. The summed E-state index contributed by atoms with van der Waals surface area (Å²) in [6, 6.07) is 14.3. The topological polar surface area (TPSA) is 87.5 Å². The van der Waals surface area contributed by atoms with Crippen LogP contribution < -0.4 is 0 Å². The number of hydrogen-bond acceptors (Lipinski definition) is 5. The molecular weight excluding hydrogens is 387 g/mol. The summed E-state index contributed by atoms with van der Waals surface area (Å²) in [4.78, 5) is 26.6. The van der Waals surface area contributed by atoms with Gasteiger partial charge in [0.1, 0.15) is 34.7 Å². The first-order valence-electron chi connectivity index (χ1n) is 9.05. The van der Waals surface area contributed by atoms with Crippen molar-refractivity contribution in [2.45, 2.75) is 13.5 Å². The molecule has 30 heavy (non-hydrogen) atoms. The van der Waals surface area contributed by atoms with Crippen LogP contribution >= 0.6 is 0 Å². The lowest BCUT2D eigenvalue weighted by atomic mass is 9.94. The molecule has 0 fully saturated rings.